The first-order chi connectivity index (χ1) is 10.3. The maximum Gasteiger partial charge on any atom is 0.273 e. The number of carbonyl (C=O) groups is 1. The lowest BCUT2D eigenvalue weighted by Crippen LogP contribution is -2.23. The summed E-state index contributed by atoms with van der Waals surface area (Å²) in [6, 6.07) is 8.40. The van der Waals surface area contributed by atoms with Crippen molar-refractivity contribution >= 4 is 5.91 Å². The highest BCUT2D eigenvalue weighted by atomic mass is 16.1. The van der Waals surface area contributed by atoms with Crippen molar-refractivity contribution in [2.75, 3.05) is 13.1 Å². The standard InChI is InChI=1S/C15H19N5O/c21-15(14-10-17-19-18-14)16-9-12-3-5-13(6-4-12)11-20-7-1-2-8-20/h3-6,10H,1-2,7-9,11H2,(H,16,21)(H,17,18,19). The second-order valence-electron chi connectivity index (χ2n) is 5.34. The number of rotatable bonds is 5. The Balaban J connectivity index is 1.51. The van der Waals surface area contributed by atoms with E-state index in [4.69, 9.17) is 0 Å². The second-order valence-corrected chi connectivity index (χ2v) is 5.34. The molecule has 2 aromatic rings. The van der Waals surface area contributed by atoms with Crippen LogP contribution in [-0.2, 0) is 13.1 Å². The van der Waals surface area contributed by atoms with E-state index >= 15 is 0 Å². The van der Waals surface area contributed by atoms with Crippen LogP contribution in [0.1, 0.15) is 34.5 Å². The molecule has 1 fully saturated rings. The number of amides is 1. The minimum atomic E-state index is -0.218. The molecule has 110 valence electrons. The first-order valence-electron chi connectivity index (χ1n) is 7.25. The zero-order valence-electron chi connectivity index (χ0n) is 11.9. The van der Waals surface area contributed by atoms with Gasteiger partial charge >= 0.3 is 0 Å². The molecule has 1 aliphatic heterocycles. The molecule has 2 heterocycles. The van der Waals surface area contributed by atoms with Gasteiger partial charge in [-0.3, -0.25) is 9.69 Å². The average Bonchev–Trinajstić information content (AvgIpc) is 3.19. The molecule has 1 aromatic carbocycles. The maximum absolute atomic E-state index is 11.7. The summed E-state index contributed by atoms with van der Waals surface area (Å²) >= 11 is 0. The molecule has 1 aromatic heterocycles. The number of aromatic amines is 1. The number of aromatic nitrogens is 3. The van der Waals surface area contributed by atoms with Gasteiger partial charge in [0.05, 0.1) is 6.20 Å². The third-order valence-electron chi connectivity index (χ3n) is 3.73. The van der Waals surface area contributed by atoms with Gasteiger partial charge in [-0.25, -0.2) is 0 Å². The summed E-state index contributed by atoms with van der Waals surface area (Å²) in [6.45, 7) is 3.92. The van der Waals surface area contributed by atoms with Crippen molar-refractivity contribution in [1.29, 1.82) is 0 Å². The minimum Gasteiger partial charge on any atom is -0.347 e. The quantitative estimate of drug-likeness (QED) is 0.869. The molecule has 0 aliphatic carbocycles. The van der Waals surface area contributed by atoms with Gasteiger partial charge in [0.2, 0.25) is 0 Å². The zero-order valence-corrected chi connectivity index (χ0v) is 11.9. The molecule has 3 rings (SSSR count). The molecule has 6 nitrogen and oxygen atoms in total. The molecule has 21 heavy (non-hydrogen) atoms. The Morgan fingerprint density at radius 2 is 1.90 bits per heavy atom. The van der Waals surface area contributed by atoms with Crippen LogP contribution in [0.3, 0.4) is 0 Å². The van der Waals surface area contributed by atoms with Crippen LogP contribution >= 0.6 is 0 Å². The molecule has 1 amide bonds. The van der Waals surface area contributed by atoms with Crippen molar-refractivity contribution < 1.29 is 4.79 Å². The molecular weight excluding hydrogens is 266 g/mol. The normalized spacial score (nSPS) is 15.2. The van der Waals surface area contributed by atoms with Gasteiger partial charge < -0.3 is 5.32 Å². The summed E-state index contributed by atoms with van der Waals surface area (Å²) in [7, 11) is 0. The van der Waals surface area contributed by atoms with Crippen molar-refractivity contribution in [3.05, 3.63) is 47.3 Å². The van der Waals surface area contributed by atoms with Gasteiger partial charge in [0.25, 0.3) is 5.91 Å². The van der Waals surface area contributed by atoms with Gasteiger partial charge in [0, 0.05) is 13.1 Å². The third-order valence-corrected chi connectivity index (χ3v) is 3.73. The Hall–Kier alpha value is -2.21. The molecule has 0 bridgehead atoms. The van der Waals surface area contributed by atoms with Crippen molar-refractivity contribution in [3.8, 4) is 0 Å². The molecule has 0 atom stereocenters. The number of benzene rings is 1. The Morgan fingerprint density at radius 1 is 1.19 bits per heavy atom. The first-order valence-corrected chi connectivity index (χ1v) is 7.25. The lowest BCUT2D eigenvalue weighted by molar-refractivity contribution is 0.0946. The second kappa shape index (κ2) is 6.49. The summed E-state index contributed by atoms with van der Waals surface area (Å²) in [5.74, 6) is -0.218. The lowest BCUT2D eigenvalue weighted by Gasteiger charge is -2.14. The molecule has 1 aliphatic rings. The fraction of sp³-hybridized carbons (Fsp3) is 0.400. The number of H-pyrrole nitrogens is 1. The highest BCUT2D eigenvalue weighted by molar-refractivity contribution is 5.91. The summed E-state index contributed by atoms with van der Waals surface area (Å²) in [5, 5.41) is 12.6. The Bertz CT molecular complexity index is 573. The Kier molecular flexibility index (Phi) is 4.25. The lowest BCUT2D eigenvalue weighted by atomic mass is 10.1. The van der Waals surface area contributed by atoms with Crippen LogP contribution in [0.4, 0.5) is 0 Å². The van der Waals surface area contributed by atoms with Crippen LogP contribution in [0.2, 0.25) is 0 Å². The minimum absolute atomic E-state index is 0.218. The molecular formula is C15H19N5O. The Labute approximate surface area is 123 Å². The monoisotopic (exact) mass is 285 g/mol. The fourth-order valence-corrected chi connectivity index (χ4v) is 2.55. The van der Waals surface area contributed by atoms with Gasteiger partial charge in [-0.05, 0) is 37.1 Å². The molecule has 0 saturated carbocycles. The van der Waals surface area contributed by atoms with E-state index in [0.717, 1.165) is 12.1 Å². The summed E-state index contributed by atoms with van der Waals surface area (Å²) in [6.07, 6.45) is 4.03. The van der Waals surface area contributed by atoms with Gasteiger partial charge in [0.15, 0.2) is 5.69 Å². The highest BCUT2D eigenvalue weighted by Crippen LogP contribution is 2.13. The van der Waals surface area contributed by atoms with E-state index in [9.17, 15) is 4.79 Å². The van der Waals surface area contributed by atoms with Crippen LogP contribution in [0.25, 0.3) is 0 Å². The summed E-state index contributed by atoms with van der Waals surface area (Å²) < 4.78 is 0. The van der Waals surface area contributed by atoms with Crippen LogP contribution < -0.4 is 5.32 Å². The van der Waals surface area contributed by atoms with E-state index in [1.165, 1.54) is 37.7 Å². The molecule has 0 radical (unpaired) electrons. The van der Waals surface area contributed by atoms with Crippen molar-refractivity contribution in [2.45, 2.75) is 25.9 Å². The number of nitrogens with one attached hydrogen (secondary N) is 2. The van der Waals surface area contributed by atoms with E-state index in [1.54, 1.807) is 0 Å². The van der Waals surface area contributed by atoms with Crippen LogP contribution in [-0.4, -0.2) is 39.3 Å². The van der Waals surface area contributed by atoms with E-state index in [0.29, 0.717) is 12.2 Å². The van der Waals surface area contributed by atoms with Crippen molar-refractivity contribution in [1.82, 2.24) is 25.6 Å². The van der Waals surface area contributed by atoms with E-state index in [-0.39, 0.29) is 5.91 Å². The van der Waals surface area contributed by atoms with Crippen molar-refractivity contribution in [2.24, 2.45) is 0 Å². The topological polar surface area (TPSA) is 73.9 Å². The highest BCUT2D eigenvalue weighted by Gasteiger charge is 2.11. The smallest absolute Gasteiger partial charge is 0.273 e. The van der Waals surface area contributed by atoms with Gasteiger partial charge in [-0.2, -0.15) is 15.4 Å². The molecule has 6 heteroatoms. The van der Waals surface area contributed by atoms with E-state index < -0.39 is 0 Å². The van der Waals surface area contributed by atoms with Crippen LogP contribution in [0, 0.1) is 0 Å². The van der Waals surface area contributed by atoms with E-state index in [2.05, 4.69) is 49.9 Å². The molecule has 1 saturated heterocycles. The Morgan fingerprint density at radius 3 is 2.57 bits per heavy atom. The SMILES string of the molecule is O=C(NCc1ccc(CN2CCCC2)cc1)c1cn[nH]n1. The predicted octanol–water partition coefficient (Wildman–Crippen LogP) is 1.33. The largest absolute Gasteiger partial charge is 0.347 e. The molecule has 2 N–H and O–H groups in total. The average molecular weight is 285 g/mol. The number of hydrogen-bond acceptors (Lipinski definition) is 4. The number of carbonyl (C=O) groups excluding carboxylic acids is 1. The van der Waals surface area contributed by atoms with Gasteiger partial charge in [-0.1, -0.05) is 24.3 Å². The van der Waals surface area contributed by atoms with Gasteiger partial charge in [0.1, 0.15) is 0 Å². The van der Waals surface area contributed by atoms with E-state index in [1.807, 2.05) is 0 Å². The van der Waals surface area contributed by atoms with Crippen LogP contribution in [0.15, 0.2) is 30.5 Å². The zero-order chi connectivity index (χ0) is 14.5. The van der Waals surface area contributed by atoms with Crippen molar-refractivity contribution in [3.63, 3.8) is 0 Å². The molecule has 0 spiro atoms. The number of hydrogen-bond donors (Lipinski definition) is 2. The number of nitrogens with zero attached hydrogens (tertiary/aromatic N) is 3. The molecule has 0 unspecified atom stereocenters. The summed E-state index contributed by atoms with van der Waals surface area (Å²) in [4.78, 5) is 14.2. The fourth-order valence-electron chi connectivity index (χ4n) is 2.55. The number of likely N-dealkylation sites (tertiary alicyclic amines) is 1. The maximum atomic E-state index is 11.7. The van der Waals surface area contributed by atoms with Gasteiger partial charge in [-0.15, -0.1) is 0 Å². The van der Waals surface area contributed by atoms with Crippen LogP contribution in [0.5, 0.6) is 0 Å². The summed E-state index contributed by atoms with van der Waals surface area (Å²) in [5.41, 5.74) is 2.71. The predicted molar refractivity (Wildman–Crippen MR) is 78.5 cm³/mol. The third kappa shape index (κ3) is 3.66. The first kappa shape index (κ1) is 13.8.